The number of aryl methyl sites for hydroxylation is 1. The van der Waals surface area contributed by atoms with E-state index in [4.69, 9.17) is 4.74 Å². The topological polar surface area (TPSA) is 41.5 Å². The number of aliphatic hydroxyl groups is 1. The summed E-state index contributed by atoms with van der Waals surface area (Å²) in [6.45, 7) is 0.891. The maximum absolute atomic E-state index is 10.6. The lowest BCUT2D eigenvalue weighted by atomic mass is 9.63. The van der Waals surface area contributed by atoms with Crippen LogP contribution in [0.2, 0.25) is 0 Å². The molecule has 0 aliphatic heterocycles. The first-order valence-electron chi connectivity index (χ1n) is 12.1. The molecule has 4 atom stereocenters. The first-order chi connectivity index (χ1) is 15.8. The van der Waals surface area contributed by atoms with Gasteiger partial charge in [-0.25, -0.2) is 0 Å². The highest BCUT2D eigenvalue weighted by Gasteiger charge is 2.38. The molecule has 2 bridgehead atoms. The fraction of sp³-hybridized carbons (Fsp3) is 0.379. The molecule has 3 aromatic carbocycles. The van der Waals surface area contributed by atoms with Crippen molar-refractivity contribution in [2.45, 2.75) is 56.1 Å². The molecule has 3 heteroatoms. The number of rotatable bonds is 6. The number of ether oxygens (including phenoxy) is 1. The molecule has 164 valence electrons. The van der Waals surface area contributed by atoms with E-state index in [9.17, 15) is 5.11 Å². The third-order valence-corrected chi connectivity index (χ3v) is 7.73. The number of benzene rings is 3. The number of aliphatic hydroxyl groups excluding tert-OH is 1. The van der Waals surface area contributed by atoms with Crippen molar-refractivity contribution >= 4 is 0 Å². The van der Waals surface area contributed by atoms with Gasteiger partial charge in [-0.1, -0.05) is 60.7 Å². The maximum atomic E-state index is 10.6. The third-order valence-electron chi connectivity index (χ3n) is 7.73. The second-order valence-electron chi connectivity index (χ2n) is 9.65. The molecule has 4 aliphatic rings. The van der Waals surface area contributed by atoms with Crippen LogP contribution in [0, 0.1) is 0 Å². The monoisotopic (exact) mass is 425 g/mol. The van der Waals surface area contributed by atoms with E-state index in [2.05, 4.69) is 72.0 Å². The lowest BCUT2D eigenvalue weighted by molar-refractivity contribution is 0.102. The number of hydrogen-bond acceptors (Lipinski definition) is 3. The van der Waals surface area contributed by atoms with Crippen LogP contribution in [0.4, 0.5) is 0 Å². The molecule has 3 aromatic rings. The van der Waals surface area contributed by atoms with Crippen molar-refractivity contribution in [3.8, 4) is 5.75 Å². The summed E-state index contributed by atoms with van der Waals surface area (Å²) in [7, 11) is 0. The molecule has 0 heterocycles. The van der Waals surface area contributed by atoms with E-state index in [0.717, 1.165) is 25.0 Å². The van der Waals surface area contributed by atoms with Crippen LogP contribution in [-0.2, 0) is 12.8 Å². The van der Waals surface area contributed by atoms with Gasteiger partial charge in [0, 0.05) is 30.0 Å². The highest BCUT2D eigenvalue weighted by molar-refractivity contribution is 5.59. The van der Waals surface area contributed by atoms with Gasteiger partial charge in [0.2, 0.25) is 0 Å². The molecule has 0 saturated heterocycles. The molecule has 0 radical (unpaired) electrons. The Morgan fingerprint density at radius 2 is 1.53 bits per heavy atom. The Kier molecular flexibility index (Phi) is 5.24. The minimum Gasteiger partial charge on any atom is -0.491 e. The van der Waals surface area contributed by atoms with Crippen molar-refractivity contribution in [3.63, 3.8) is 0 Å². The van der Waals surface area contributed by atoms with Gasteiger partial charge in [-0.15, -0.1) is 0 Å². The third kappa shape index (κ3) is 3.54. The first-order valence-corrected chi connectivity index (χ1v) is 12.1. The summed E-state index contributed by atoms with van der Waals surface area (Å²) in [6.07, 6.45) is 5.16. The Morgan fingerprint density at radius 3 is 2.41 bits per heavy atom. The van der Waals surface area contributed by atoms with Crippen LogP contribution < -0.4 is 10.1 Å². The molecule has 0 amide bonds. The van der Waals surface area contributed by atoms with Crippen molar-refractivity contribution in [2.24, 2.45) is 0 Å². The van der Waals surface area contributed by atoms with Crippen molar-refractivity contribution < 1.29 is 9.84 Å². The summed E-state index contributed by atoms with van der Waals surface area (Å²) < 4.78 is 6.24. The summed E-state index contributed by atoms with van der Waals surface area (Å²) in [4.78, 5) is 0. The van der Waals surface area contributed by atoms with Gasteiger partial charge in [0.05, 0.1) is 0 Å². The summed E-state index contributed by atoms with van der Waals surface area (Å²) >= 11 is 0. The Morgan fingerprint density at radius 1 is 0.812 bits per heavy atom. The second kappa shape index (κ2) is 8.38. The summed E-state index contributed by atoms with van der Waals surface area (Å²) in [6, 6.07) is 24.5. The van der Waals surface area contributed by atoms with Crippen molar-refractivity contribution in [1.29, 1.82) is 0 Å². The smallest absolute Gasteiger partial charge is 0.123 e. The normalized spacial score (nSPS) is 23.7. The highest BCUT2D eigenvalue weighted by atomic mass is 16.5. The minimum absolute atomic E-state index is 0.325. The highest BCUT2D eigenvalue weighted by Crippen LogP contribution is 2.55. The average molecular weight is 426 g/mol. The predicted octanol–water partition coefficient (Wildman–Crippen LogP) is 4.94. The zero-order valence-corrected chi connectivity index (χ0v) is 18.5. The largest absolute Gasteiger partial charge is 0.491 e. The SMILES string of the molecule is OC(CNC1CCc2ccccc2C1)COc1cccc2c1C1CCC2c2ccccc21. The Bertz CT molecular complexity index is 1120. The molecule has 7 rings (SSSR count). The van der Waals surface area contributed by atoms with Gasteiger partial charge < -0.3 is 15.2 Å². The van der Waals surface area contributed by atoms with E-state index in [1.165, 1.54) is 46.2 Å². The molecular formula is C29H31NO2. The molecular weight excluding hydrogens is 394 g/mol. The molecule has 4 unspecified atom stereocenters. The molecule has 3 nitrogen and oxygen atoms in total. The van der Waals surface area contributed by atoms with Gasteiger partial charge in [-0.2, -0.15) is 0 Å². The van der Waals surface area contributed by atoms with Gasteiger partial charge in [-0.05, 0) is 66.0 Å². The Labute approximate surface area is 190 Å². The molecule has 0 aromatic heterocycles. The summed E-state index contributed by atoms with van der Waals surface area (Å²) in [5.41, 5.74) is 8.64. The van der Waals surface area contributed by atoms with Gasteiger partial charge in [-0.3, -0.25) is 0 Å². The van der Waals surface area contributed by atoms with Gasteiger partial charge >= 0.3 is 0 Å². The number of nitrogens with one attached hydrogen (secondary N) is 1. The van der Waals surface area contributed by atoms with E-state index < -0.39 is 6.10 Å². The zero-order valence-electron chi connectivity index (χ0n) is 18.5. The maximum Gasteiger partial charge on any atom is 0.123 e. The summed E-state index contributed by atoms with van der Waals surface area (Å²) in [5, 5.41) is 14.2. The standard InChI is InChI=1S/C29H31NO2/c31-22(17-30-21-13-12-19-6-1-2-7-20(19)16-21)18-32-28-11-5-10-26-25-14-15-27(29(26)28)24-9-4-3-8-23(24)25/h1-11,21-22,25,27,30-31H,12-18H2. The van der Waals surface area contributed by atoms with Crippen LogP contribution in [-0.4, -0.2) is 30.4 Å². The number of hydrogen-bond donors (Lipinski definition) is 2. The lowest BCUT2D eigenvalue weighted by Crippen LogP contribution is -2.41. The number of fused-ring (bicyclic) bond motifs is 2. The van der Waals surface area contributed by atoms with Crippen LogP contribution in [0.25, 0.3) is 0 Å². The molecule has 0 fully saturated rings. The van der Waals surface area contributed by atoms with E-state index in [-0.39, 0.29) is 0 Å². The lowest BCUT2D eigenvalue weighted by Gasteiger charge is -2.41. The average Bonchev–Trinajstić information content (AvgIpc) is 2.86. The van der Waals surface area contributed by atoms with E-state index in [1.54, 1.807) is 0 Å². The molecule has 2 N–H and O–H groups in total. The molecule has 0 spiro atoms. The van der Waals surface area contributed by atoms with E-state index in [0.29, 0.717) is 31.0 Å². The van der Waals surface area contributed by atoms with Crippen LogP contribution in [0.5, 0.6) is 5.75 Å². The fourth-order valence-electron chi connectivity index (χ4n) is 6.20. The molecule has 32 heavy (non-hydrogen) atoms. The van der Waals surface area contributed by atoms with Gasteiger partial charge in [0.25, 0.3) is 0 Å². The Balaban J connectivity index is 1.10. The van der Waals surface area contributed by atoms with Crippen molar-refractivity contribution in [1.82, 2.24) is 5.32 Å². The second-order valence-corrected chi connectivity index (χ2v) is 9.65. The van der Waals surface area contributed by atoms with Gasteiger partial charge in [0.15, 0.2) is 0 Å². The first kappa shape index (κ1) is 20.0. The zero-order chi connectivity index (χ0) is 21.5. The van der Waals surface area contributed by atoms with Crippen LogP contribution in [0.3, 0.4) is 0 Å². The van der Waals surface area contributed by atoms with Crippen LogP contribution in [0.15, 0.2) is 66.7 Å². The minimum atomic E-state index is -0.518. The summed E-state index contributed by atoms with van der Waals surface area (Å²) in [5.74, 6) is 1.85. The van der Waals surface area contributed by atoms with Crippen LogP contribution >= 0.6 is 0 Å². The van der Waals surface area contributed by atoms with E-state index >= 15 is 0 Å². The molecule has 4 aliphatic carbocycles. The van der Waals surface area contributed by atoms with E-state index in [1.807, 2.05) is 0 Å². The van der Waals surface area contributed by atoms with Crippen molar-refractivity contribution in [2.75, 3.05) is 13.2 Å². The van der Waals surface area contributed by atoms with Crippen molar-refractivity contribution in [3.05, 3.63) is 100 Å². The van der Waals surface area contributed by atoms with Crippen LogP contribution in [0.1, 0.15) is 64.5 Å². The molecule has 0 saturated carbocycles. The quantitative estimate of drug-likeness (QED) is 0.588. The van der Waals surface area contributed by atoms with Gasteiger partial charge in [0.1, 0.15) is 18.5 Å². The Hall–Kier alpha value is -2.62. The fourth-order valence-corrected chi connectivity index (χ4v) is 6.20. The predicted molar refractivity (Wildman–Crippen MR) is 128 cm³/mol.